The van der Waals surface area contributed by atoms with E-state index >= 15 is 0 Å². The highest BCUT2D eigenvalue weighted by Crippen LogP contribution is 2.28. The average molecular weight is 349 g/mol. The first-order valence-electron chi connectivity index (χ1n) is 8.14. The van der Waals surface area contributed by atoms with Gasteiger partial charge in [-0.2, -0.15) is 0 Å². The molecule has 0 spiro atoms. The summed E-state index contributed by atoms with van der Waals surface area (Å²) in [5, 5.41) is 14.5. The SMILES string of the molecule is Cc1ncc(CNC(=O)N2CCCC(C(O)c3nccn3C)C2)s1. The van der Waals surface area contributed by atoms with Crippen LogP contribution in [-0.4, -0.2) is 43.7 Å². The smallest absolute Gasteiger partial charge is 0.317 e. The molecule has 7 nitrogen and oxygen atoms in total. The summed E-state index contributed by atoms with van der Waals surface area (Å²) in [6.45, 7) is 3.70. The number of thiazole rings is 1. The van der Waals surface area contributed by atoms with Gasteiger partial charge in [-0.25, -0.2) is 14.8 Å². The molecule has 1 fully saturated rings. The minimum atomic E-state index is -0.648. The van der Waals surface area contributed by atoms with Crippen LogP contribution >= 0.6 is 11.3 Å². The lowest BCUT2D eigenvalue weighted by Gasteiger charge is -2.34. The van der Waals surface area contributed by atoms with Crippen LogP contribution in [0.2, 0.25) is 0 Å². The van der Waals surface area contributed by atoms with Gasteiger partial charge in [0.1, 0.15) is 11.9 Å². The van der Waals surface area contributed by atoms with Crippen molar-refractivity contribution >= 4 is 17.4 Å². The molecule has 24 heavy (non-hydrogen) atoms. The van der Waals surface area contributed by atoms with Gasteiger partial charge >= 0.3 is 6.03 Å². The Labute approximate surface area is 145 Å². The van der Waals surface area contributed by atoms with Crippen molar-refractivity contribution in [2.24, 2.45) is 13.0 Å². The number of likely N-dealkylation sites (tertiary alicyclic amines) is 1. The van der Waals surface area contributed by atoms with Crippen LogP contribution in [0.4, 0.5) is 4.79 Å². The van der Waals surface area contributed by atoms with Crippen LogP contribution in [0, 0.1) is 12.8 Å². The molecule has 0 aromatic carbocycles. The van der Waals surface area contributed by atoms with E-state index in [0.29, 0.717) is 18.9 Å². The Bertz CT molecular complexity index is 698. The Morgan fingerprint density at radius 2 is 2.38 bits per heavy atom. The van der Waals surface area contributed by atoms with Crippen molar-refractivity contribution in [2.45, 2.75) is 32.4 Å². The quantitative estimate of drug-likeness (QED) is 0.882. The topological polar surface area (TPSA) is 83.3 Å². The van der Waals surface area contributed by atoms with Gasteiger partial charge in [0.15, 0.2) is 0 Å². The summed E-state index contributed by atoms with van der Waals surface area (Å²) in [5.74, 6) is 0.665. The highest BCUT2D eigenvalue weighted by Gasteiger charge is 2.31. The molecule has 0 aliphatic carbocycles. The number of urea groups is 1. The molecule has 2 aromatic rings. The summed E-state index contributed by atoms with van der Waals surface area (Å²) >= 11 is 1.59. The molecule has 2 amide bonds. The largest absolute Gasteiger partial charge is 0.385 e. The van der Waals surface area contributed by atoms with Crippen LogP contribution in [0.1, 0.15) is 34.7 Å². The lowest BCUT2D eigenvalue weighted by Crippen LogP contribution is -2.46. The second-order valence-electron chi connectivity index (χ2n) is 6.19. The first kappa shape index (κ1) is 16.9. The summed E-state index contributed by atoms with van der Waals surface area (Å²) in [7, 11) is 1.87. The number of aryl methyl sites for hydroxylation is 2. The number of nitrogens with one attached hydrogen (secondary N) is 1. The highest BCUT2D eigenvalue weighted by molar-refractivity contribution is 7.11. The lowest BCUT2D eigenvalue weighted by molar-refractivity contribution is 0.0532. The van der Waals surface area contributed by atoms with Gasteiger partial charge in [-0.1, -0.05) is 0 Å². The van der Waals surface area contributed by atoms with Gasteiger partial charge in [0.25, 0.3) is 0 Å². The second-order valence-corrected chi connectivity index (χ2v) is 7.51. The number of hydrogen-bond donors (Lipinski definition) is 2. The van der Waals surface area contributed by atoms with Crippen LogP contribution in [0.25, 0.3) is 0 Å². The second kappa shape index (κ2) is 7.31. The van der Waals surface area contributed by atoms with Gasteiger partial charge in [-0.05, 0) is 19.8 Å². The predicted octanol–water partition coefficient (Wildman–Crippen LogP) is 1.84. The molecule has 3 rings (SSSR count). The molecule has 3 heterocycles. The Hall–Kier alpha value is -1.93. The fourth-order valence-electron chi connectivity index (χ4n) is 3.09. The maximum Gasteiger partial charge on any atom is 0.317 e. The molecule has 0 radical (unpaired) electrons. The van der Waals surface area contributed by atoms with E-state index in [1.807, 2.05) is 24.7 Å². The number of amides is 2. The molecule has 2 N–H and O–H groups in total. The molecule has 2 unspecified atom stereocenters. The van der Waals surface area contributed by atoms with Crippen LogP contribution in [0.5, 0.6) is 0 Å². The molecular weight excluding hydrogens is 326 g/mol. The number of carbonyl (C=O) groups is 1. The number of aliphatic hydroxyl groups excluding tert-OH is 1. The molecule has 1 aliphatic heterocycles. The lowest BCUT2D eigenvalue weighted by atomic mass is 9.92. The number of hydrogen-bond acceptors (Lipinski definition) is 5. The van der Waals surface area contributed by atoms with E-state index in [4.69, 9.17) is 0 Å². The number of aliphatic hydroxyl groups is 1. The van der Waals surface area contributed by atoms with Gasteiger partial charge in [0.2, 0.25) is 0 Å². The number of imidazole rings is 1. The third-order valence-corrected chi connectivity index (χ3v) is 5.31. The van der Waals surface area contributed by atoms with E-state index in [1.54, 1.807) is 28.6 Å². The molecule has 8 heteroatoms. The van der Waals surface area contributed by atoms with Gasteiger partial charge in [-0.15, -0.1) is 11.3 Å². The zero-order valence-corrected chi connectivity index (χ0v) is 14.8. The zero-order chi connectivity index (χ0) is 17.1. The number of carbonyl (C=O) groups excluding carboxylic acids is 1. The summed E-state index contributed by atoms with van der Waals surface area (Å²) < 4.78 is 1.83. The average Bonchev–Trinajstić information content (AvgIpc) is 3.20. The van der Waals surface area contributed by atoms with E-state index in [1.165, 1.54) is 0 Å². The summed E-state index contributed by atoms with van der Waals surface area (Å²) in [6, 6.07) is -0.0854. The maximum absolute atomic E-state index is 12.4. The number of aromatic nitrogens is 3. The third-order valence-electron chi connectivity index (χ3n) is 4.40. The van der Waals surface area contributed by atoms with Crippen LogP contribution in [0.3, 0.4) is 0 Å². The number of rotatable bonds is 4. The third kappa shape index (κ3) is 3.76. The molecule has 2 atom stereocenters. The van der Waals surface area contributed by atoms with Crippen LogP contribution in [0.15, 0.2) is 18.6 Å². The molecule has 0 bridgehead atoms. The van der Waals surface area contributed by atoms with Crippen LogP contribution in [-0.2, 0) is 13.6 Å². The maximum atomic E-state index is 12.4. The Morgan fingerprint density at radius 3 is 3.04 bits per heavy atom. The van der Waals surface area contributed by atoms with E-state index in [9.17, 15) is 9.90 Å². The van der Waals surface area contributed by atoms with Crippen molar-refractivity contribution in [3.63, 3.8) is 0 Å². The monoisotopic (exact) mass is 349 g/mol. The zero-order valence-electron chi connectivity index (χ0n) is 14.0. The summed E-state index contributed by atoms with van der Waals surface area (Å²) in [5.41, 5.74) is 0. The van der Waals surface area contributed by atoms with Gasteiger partial charge < -0.3 is 19.9 Å². The molecule has 130 valence electrons. The van der Waals surface area contributed by atoms with E-state index in [2.05, 4.69) is 15.3 Å². The van der Waals surface area contributed by atoms with E-state index in [-0.39, 0.29) is 11.9 Å². The molecule has 2 aromatic heterocycles. The normalized spacial score (nSPS) is 19.3. The molecule has 1 aliphatic rings. The first-order valence-corrected chi connectivity index (χ1v) is 8.95. The molecular formula is C16H23N5O2S. The Balaban J connectivity index is 1.56. The Kier molecular flexibility index (Phi) is 5.15. The molecule has 1 saturated heterocycles. The summed E-state index contributed by atoms with van der Waals surface area (Å²) in [4.78, 5) is 23.6. The van der Waals surface area contributed by atoms with Crippen molar-refractivity contribution in [3.8, 4) is 0 Å². The van der Waals surface area contributed by atoms with Gasteiger partial charge in [-0.3, -0.25) is 0 Å². The highest BCUT2D eigenvalue weighted by atomic mass is 32.1. The predicted molar refractivity (Wildman–Crippen MR) is 91.6 cm³/mol. The van der Waals surface area contributed by atoms with Crippen molar-refractivity contribution in [1.29, 1.82) is 0 Å². The fourth-order valence-corrected chi connectivity index (χ4v) is 3.82. The van der Waals surface area contributed by atoms with Crippen molar-refractivity contribution in [2.75, 3.05) is 13.1 Å². The summed E-state index contributed by atoms with van der Waals surface area (Å²) in [6.07, 6.45) is 6.44. The number of piperidine rings is 1. The first-order chi connectivity index (χ1) is 11.5. The standard InChI is InChI=1S/C16H23N5O2S/c1-11-18-8-13(24-11)9-19-16(23)21-6-3-4-12(10-21)14(22)15-17-5-7-20(15)2/h5,7-8,12,14,22H,3-4,6,9-10H2,1-2H3,(H,19,23). The van der Waals surface area contributed by atoms with E-state index < -0.39 is 6.10 Å². The fraction of sp³-hybridized carbons (Fsp3) is 0.562. The van der Waals surface area contributed by atoms with Crippen molar-refractivity contribution in [3.05, 3.63) is 34.3 Å². The van der Waals surface area contributed by atoms with Gasteiger partial charge in [0.05, 0.1) is 11.6 Å². The molecule has 0 saturated carbocycles. The van der Waals surface area contributed by atoms with Gasteiger partial charge in [0, 0.05) is 49.5 Å². The number of nitrogens with zero attached hydrogens (tertiary/aromatic N) is 4. The van der Waals surface area contributed by atoms with E-state index in [0.717, 1.165) is 29.3 Å². The van der Waals surface area contributed by atoms with Crippen molar-refractivity contribution in [1.82, 2.24) is 24.8 Å². The minimum Gasteiger partial charge on any atom is -0.385 e. The minimum absolute atomic E-state index is 0.0104. The van der Waals surface area contributed by atoms with Crippen molar-refractivity contribution < 1.29 is 9.90 Å². The van der Waals surface area contributed by atoms with Crippen LogP contribution < -0.4 is 5.32 Å². The Morgan fingerprint density at radius 1 is 1.54 bits per heavy atom.